The average Bonchev–Trinajstić information content (AvgIpc) is 3.02. The van der Waals surface area contributed by atoms with Gasteiger partial charge in [0.15, 0.2) is 0 Å². The Balaban J connectivity index is 1.97. The third-order valence-corrected chi connectivity index (χ3v) is 5.26. The van der Waals surface area contributed by atoms with Gasteiger partial charge in [0.25, 0.3) is 5.69 Å². The Morgan fingerprint density at radius 1 is 1.57 bits per heavy atom. The first kappa shape index (κ1) is 16.4. The van der Waals surface area contributed by atoms with Crippen LogP contribution in [0.2, 0.25) is 0 Å². The van der Waals surface area contributed by atoms with E-state index in [2.05, 4.69) is 10.3 Å². The van der Waals surface area contributed by atoms with E-state index in [0.717, 1.165) is 11.9 Å². The number of thiazole rings is 1. The Labute approximate surface area is 139 Å². The number of hydrogen-bond donors (Lipinski definition) is 2. The van der Waals surface area contributed by atoms with Crippen LogP contribution in [0.1, 0.15) is 12.8 Å². The maximum absolute atomic E-state index is 14.7. The average molecular weight is 358 g/mol. The first-order valence-electron chi connectivity index (χ1n) is 6.96. The molecule has 7 nitrogen and oxygen atoms in total. The van der Waals surface area contributed by atoms with Crippen molar-refractivity contribution in [2.24, 2.45) is 5.14 Å². The second kappa shape index (κ2) is 6.56. The van der Waals surface area contributed by atoms with Crippen LogP contribution in [0.25, 0.3) is 10.2 Å². The van der Waals surface area contributed by atoms with Crippen molar-refractivity contribution in [1.29, 1.82) is 0 Å². The molecule has 124 valence electrons. The molecule has 1 aliphatic heterocycles. The molecule has 3 rings (SSSR count). The number of hydrogen-bond acceptors (Lipinski definition) is 8. The molecule has 0 saturated carbocycles. The highest BCUT2D eigenvalue weighted by Crippen LogP contribution is 2.40. The van der Waals surface area contributed by atoms with Crippen LogP contribution in [0.5, 0.6) is 0 Å². The number of alkyl halides is 1. The van der Waals surface area contributed by atoms with Crippen LogP contribution in [0.15, 0.2) is 16.5 Å². The van der Waals surface area contributed by atoms with Crippen molar-refractivity contribution >= 4 is 44.9 Å². The van der Waals surface area contributed by atoms with Crippen molar-refractivity contribution in [1.82, 2.24) is 4.98 Å². The van der Waals surface area contributed by atoms with E-state index in [4.69, 9.17) is 9.88 Å². The van der Waals surface area contributed by atoms with E-state index in [1.165, 1.54) is 17.4 Å². The first-order chi connectivity index (χ1) is 11.0. The third-order valence-electron chi connectivity index (χ3n) is 3.85. The number of halogens is 1. The molecular formula is C13H15FN4O3S2. The molecule has 23 heavy (non-hydrogen) atoms. The number of nitro benzene ring substituents is 1. The minimum absolute atomic E-state index is 0.000680. The molecule has 1 aliphatic rings. The van der Waals surface area contributed by atoms with Gasteiger partial charge in [-0.3, -0.25) is 15.3 Å². The summed E-state index contributed by atoms with van der Waals surface area (Å²) >= 11 is 2.18. The van der Waals surface area contributed by atoms with E-state index in [0.29, 0.717) is 34.0 Å². The van der Waals surface area contributed by atoms with Gasteiger partial charge >= 0.3 is 0 Å². The van der Waals surface area contributed by atoms with E-state index < -0.39 is 10.6 Å². The quantitative estimate of drug-likeness (QED) is 0.481. The number of fused-ring (bicyclic) bond motifs is 1. The molecule has 1 fully saturated rings. The van der Waals surface area contributed by atoms with Crippen LogP contribution in [0.4, 0.5) is 15.8 Å². The van der Waals surface area contributed by atoms with Gasteiger partial charge in [-0.2, -0.15) is 0 Å². The SMILES string of the molecule is NSc1cc([N+](=O)[O-])c(NCC2(F)CCOCC2)c2scnc12. The Hall–Kier alpha value is -1.49. The number of nitrogens with zero attached hydrogens (tertiary/aromatic N) is 2. The number of nitrogens with one attached hydrogen (secondary N) is 1. The summed E-state index contributed by atoms with van der Waals surface area (Å²) in [7, 11) is 0. The largest absolute Gasteiger partial charge is 0.381 e. The summed E-state index contributed by atoms with van der Waals surface area (Å²) in [4.78, 5) is 15.6. The van der Waals surface area contributed by atoms with Crippen LogP contribution in [0.3, 0.4) is 0 Å². The lowest BCUT2D eigenvalue weighted by molar-refractivity contribution is -0.384. The summed E-state index contributed by atoms with van der Waals surface area (Å²) in [5, 5.41) is 19.9. The molecule has 3 N–H and O–H groups in total. The molecule has 2 aromatic rings. The Morgan fingerprint density at radius 2 is 2.30 bits per heavy atom. The minimum Gasteiger partial charge on any atom is -0.381 e. The molecule has 1 saturated heterocycles. The van der Waals surface area contributed by atoms with E-state index in [1.54, 1.807) is 5.51 Å². The monoisotopic (exact) mass is 358 g/mol. The fourth-order valence-corrected chi connectivity index (χ4v) is 3.89. The van der Waals surface area contributed by atoms with Crippen molar-refractivity contribution in [3.05, 3.63) is 21.7 Å². The van der Waals surface area contributed by atoms with Crippen molar-refractivity contribution < 1.29 is 14.1 Å². The van der Waals surface area contributed by atoms with Crippen LogP contribution in [0, 0.1) is 10.1 Å². The zero-order valence-electron chi connectivity index (χ0n) is 12.1. The predicted molar refractivity (Wildman–Crippen MR) is 88.7 cm³/mol. The zero-order valence-corrected chi connectivity index (χ0v) is 13.7. The fourth-order valence-electron chi connectivity index (χ4n) is 2.55. The van der Waals surface area contributed by atoms with Crippen molar-refractivity contribution in [3.63, 3.8) is 0 Å². The van der Waals surface area contributed by atoms with Crippen molar-refractivity contribution in [3.8, 4) is 0 Å². The minimum atomic E-state index is -1.43. The van der Waals surface area contributed by atoms with Gasteiger partial charge in [-0.05, 0) is 11.9 Å². The predicted octanol–water partition coefficient (Wildman–Crippen LogP) is 3.10. The van der Waals surface area contributed by atoms with Gasteiger partial charge < -0.3 is 10.1 Å². The van der Waals surface area contributed by atoms with Crippen molar-refractivity contribution in [2.45, 2.75) is 23.4 Å². The lowest BCUT2D eigenvalue weighted by Crippen LogP contribution is -2.38. The first-order valence-corrected chi connectivity index (χ1v) is 8.72. The molecule has 0 unspecified atom stereocenters. The Kier molecular flexibility index (Phi) is 4.67. The molecule has 1 aromatic heterocycles. The second-order valence-electron chi connectivity index (χ2n) is 5.29. The maximum Gasteiger partial charge on any atom is 0.295 e. The number of rotatable bonds is 5. The summed E-state index contributed by atoms with van der Waals surface area (Å²) < 4.78 is 20.5. The molecule has 0 bridgehead atoms. The molecule has 0 aliphatic carbocycles. The topological polar surface area (TPSA) is 103 Å². The Morgan fingerprint density at radius 3 is 2.96 bits per heavy atom. The normalized spacial score (nSPS) is 17.3. The van der Waals surface area contributed by atoms with Crippen LogP contribution in [-0.2, 0) is 4.74 Å². The summed E-state index contributed by atoms with van der Waals surface area (Å²) in [5.74, 6) is 0. The number of ether oxygens (including phenoxy) is 1. The van der Waals surface area contributed by atoms with Gasteiger partial charge in [-0.1, -0.05) is 0 Å². The number of nitro groups is 1. The van der Waals surface area contributed by atoms with Gasteiger partial charge in [-0.15, -0.1) is 11.3 Å². The smallest absolute Gasteiger partial charge is 0.295 e. The molecule has 10 heteroatoms. The van der Waals surface area contributed by atoms with E-state index in [1.807, 2.05) is 0 Å². The van der Waals surface area contributed by atoms with Gasteiger partial charge in [0.2, 0.25) is 0 Å². The summed E-state index contributed by atoms with van der Waals surface area (Å²) in [5.41, 5.74) is 0.943. The van der Waals surface area contributed by atoms with Gasteiger partial charge in [-0.25, -0.2) is 9.37 Å². The van der Waals surface area contributed by atoms with Gasteiger partial charge in [0.1, 0.15) is 11.4 Å². The Bertz CT molecular complexity index is 733. The number of nitrogens with two attached hydrogens (primary N) is 1. The molecular weight excluding hydrogens is 343 g/mol. The number of anilines is 1. The maximum atomic E-state index is 14.7. The molecule has 0 amide bonds. The van der Waals surface area contributed by atoms with Crippen LogP contribution < -0.4 is 10.5 Å². The van der Waals surface area contributed by atoms with Crippen LogP contribution in [-0.4, -0.2) is 35.3 Å². The highest BCUT2D eigenvalue weighted by Gasteiger charge is 2.33. The number of benzene rings is 1. The summed E-state index contributed by atoms with van der Waals surface area (Å²) in [6, 6.07) is 1.38. The lowest BCUT2D eigenvalue weighted by Gasteiger charge is -2.29. The summed E-state index contributed by atoms with van der Waals surface area (Å²) in [6.07, 6.45) is 0.548. The van der Waals surface area contributed by atoms with Crippen LogP contribution >= 0.6 is 23.3 Å². The zero-order chi connectivity index (χ0) is 16.4. The molecule has 0 spiro atoms. The highest BCUT2D eigenvalue weighted by atomic mass is 32.2. The second-order valence-corrected chi connectivity index (χ2v) is 6.82. The van der Waals surface area contributed by atoms with E-state index in [9.17, 15) is 14.5 Å². The lowest BCUT2D eigenvalue weighted by atomic mass is 9.96. The molecule has 1 aromatic carbocycles. The van der Waals surface area contributed by atoms with Gasteiger partial charge in [0.05, 0.1) is 25.5 Å². The number of aromatic nitrogens is 1. The third kappa shape index (κ3) is 3.25. The van der Waals surface area contributed by atoms with Gasteiger partial charge in [0, 0.05) is 38.7 Å². The van der Waals surface area contributed by atoms with E-state index in [-0.39, 0.29) is 25.1 Å². The van der Waals surface area contributed by atoms with E-state index >= 15 is 0 Å². The molecule has 0 atom stereocenters. The fraction of sp³-hybridized carbons (Fsp3) is 0.462. The molecule has 2 heterocycles. The van der Waals surface area contributed by atoms with Crippen molar-refractivity contribution in [2.75, 3.05) is 25.1 Å². The molecule has 0 radical (unpaired) electrons. The standard InChI is InChI=1S/C13H15FN4O3S2/c14-13(1-3-21-4-2-13)6-16-10-8(18(19)20)5-9(23-15)11-12(10)22-7-17-11/h5,7,16H,1-4,6,15H2. The summed E-state index contributed by atoms with van der Waals surface area (Å²) in [6.45, 7) is 0.720. The highest BCUT2D eigenvalue weighted by molar-refractivity contribution is 7.97.